The fourth-order valence-electron chi connectivity index (χ4n) is 2.62. The topological polar surface area (TPSA) is 89.1 Å². The van der Waals surface area contributed by atoms with Crippen LogP contribution in [0.3, 0.4) is 0 Å². The standard InChI is InChI=1S/C15H17FN4O3/c1-22-12-3-2-9(6-10(12)16)7-13(21)19-11-4-5-23-14(11)15-17-8-18-20-15/h2-3,6,8,11,14H,4-5,7H2,1H3,(H,19,21)(H,17,18,20)/t11-,14+/m0/s1. The number of nitrogens with zero attached hydrogens (tertiary/aromatic N) is 2. The van der Waals surface area contributed by atoms with Gasteiger partial charge in [-0.2, -0.15) is 5.10 Å². The van der Waals surface area contributed by atoms with Gasteiger partial charge in [0.25, 0.3) is 0 Å². The van der Waals surface area contributed by atoms with Gasteiger partial charge >= 0.3 is 0 Å². The van der Waals surface area contributed by atoms with Crippen LogP contribution in [-0.4, -0.2) is 40.8 Å². The van der Waals surface area contributed by atoms with E-state index in [0.717, 1.165) is 0 Å². The van der Waals surface area contributed by atoms with Crippen LogP contribution in [0.1, 0.15) is 23.9 Å². The summed E-state index contributed by atoms with van der Waals surface area (Å²) in [6.07, 6.45) is 1.83. The van der Waals surface area contributed by atoms with E-state index in [4.69, 9.17) is 9.47 Å². The first-order chi connectivity index (χ1) is 11.2. The van der Waals surface area contributed by atoms with E-state index in [9.17, 15) is 9.18 Å². The molecule has 2 atom stereocenters. The third-order valence-electron chi connectivity index (χ3n) is 3.72. The van der Waals surface area contributed by atoms with E-state index in [-0.39, 0.29) is 30.2 Å². The van der Waals surface area contributed by atoms with E-state index < -0.39 is 5.82 Å². The van der Waals surface area contributed by atoms with Gasteiger partial charge in [-0.25, -0.2) is 9.37 Å². The highest BCUT2D eigenvalue weighted by Crippen LogP contribution is 2.26. The number of H-pyrrole nitrogens is 1. The Morgan fingerprint density at radius 2 is 2.43 bits per heavy atom. The Labute approximate surface area is 132 Å². The molecule has 1 amide bonds. The fraction of sp³-hybridized carbons (Fsp3) is 0.400. The van der Waals surface area contributed by atoms with Gasteiger partial charge in [-0.05, 0) is 24.1 Å². The highest BCUT2D eigenvalue weighted by Gasteiger charge is 2.32. The van der Waals surface area contributed by atoms with Gasteiger partial charge in [0.05, 0.1) is 19.6 Å². The lowest BCUT2D eigenvalue weighted by molar-refractivity contribution is -0.121. The quantitative estimate of drug-likeness (QED) is 0.862. The molecule has 0 aliphatic carbocycles. The molecule has 0 radical (unpaired) electrons. The Hall–Kier alpha value is -2.48. The minimum Gasteiger partial charge on any atom is -0.494 e. The summed E-state index contributed by atoms with van der Waals surface area (Å²) in [6, 6.07) is 4.30. The Bertz CT molecular complexity index is 677. The van der Waals surface area contributed by atoms with Gasteiger partial charge in [-0.15, -0.1) is 0 Å². The molecular weight excluding hydrogens is 303 g/mol. The zero-order valence-electron chi connectivity index (χ0n) is 12.6. The van der Waals surface area contributed by atoms with Crippen LogP contribution in [0.15, 0.2) is 24.5 Å². The second-order valence-corrected chi connectivity index (χ2v) is 5.27. The van der Waals surface area contributed by atoms with Gasteiger partial charge in [0.15, 0.2) is 17.4 Å². The molecule has 0 saturated carbocycles. The van der Waals surface area contributed by atoms with E-state index in [2.05, 4.69) is 20.5 Å². The summed E-state index contributed by atoms with van der Waals surface area (Å²) in [5, 5.41) is 9.45. The van der Waals surface area contributed by atoms with Crippen molar-refractivity contribution in [2.45, 2.75) is 25.0 Å². The molecule has 1 aliphatic rings. The van der Waals surface area contributed by atoms with E-state index in [0.29, 0.717) is 24.4 Å². The first-order valence-corrected chi connectivity index (χ1v) is 7.26. The number of methoxy groups -OCH3 is 1. The van der Waals surface area contributed by atoms with Crippen LogP contribution in [0.4, 0.5) is 4.39 Å². The number of ether oxygens (including phenoxy) is 2. The molecule has 2 aromatic rings. The highest BCUT2D eigenvalue weighted by atomic mass is 19.1. The van der Waals surface area contributed by atoms with Crippen molar-refractivity contribution in [3.63, 3.8) is 0 Å². The van der Waals surface area contributed by atoms with E-state index in [1.807, 2.05) is 0 Å². The summed E-state index contributed by atoms with van der Waals surface area (Å²) in [5.74, 6) is 0.0585. The van der Waals surface area contributed by atoms with Gasteiger partial charge in [0.1, 0.15) is 12.4 Å². The van der Waals surface area contributed by atoms with Crippen molar-refractivity contribution in [2.75, 3.05) is 13.7 Å². The summed E-state index contributed by atoms with van der Waals surface area (Å²) in [4.78, 5) is 16.2. The lowest BCUT2D eigenvalue weighted by Gasteiger charge is -2.17. The maximum atomic E-state index is 13.7. The van der Waals surface area contributed by atoms with Crippen LogP contribution in [0.2, 0.25) is 0 Å². The molecule has 1 fully saturated rings. The number of hydrogen-bond acceptors (Lipinski definition) is 5. The number of carbonyl (C=O) groups is 1. The monoisotopic (exact) mass is 320 g/mol. The van der Waals surface area contributed by atoms with Crippen molar-refractivity contribution >= 4 is 5.91 Å². The first-order valence-electron chi connectivity index (χ1n) is 7.26. The largest absolute Gasteiger partial charge is 0.494 e. The summed E-state index contributed by atoms with van der Waals surface area (Å²) in [6.45, 7) is 0.535. The molecule has 1 aromatic heterocycles. The summed E-state index contributed by atoms with van der Waals surface area (Å²) >= 11 is 0. The molecule has 0 bridgehead atoms. The number of rotatable bonds is 5. The molecule has 7 nitrogen and oxygen atoms in total. The number of benzene rings is 1. The van der Waals surface area contributed by atoms with Crippen LogP contribution < -0.4 is 10.1 Å². The minimum absolute atomic E-state index is 0.0839. The number of carbonyl (C=O) groups excluding carboxylic acids is 1. The molecule has 122 valence electrons. The van der Waals surface area contributed by atoms with Crippen LogP contribution in [0.5, 0.6) is 5.75 Å². The normalized spacial score (nSPS) is 20.4. The Balaban J connectivity index is 1.62. The fourth-order valence-corrected chi connectivity index (χ4v) is 2.62. The SMILES string of the molecule is COc1ccc(CC(=O)N[C@H]2CCO[C@H]2c2ncn[nH]2)cc1F. The van der Waals surface area contributed by atoms with Gasteiger partial charge < -0.3 is 14.8 Å². The number of halogens is 1. The molecule has 8 heteroatoms. The summed E-state index contributed by atoms with van der Waals surface area (Å²) in [5.41, 5.74) is 0.580. The van der Waals surface area contributed by atoms with Gasteiger partial charge in [0.2, 0.25) is 5.91 Å². The third-order valence-corrected chi connectivity index (χ3v) is 3.72. The molecule has 1 aliphatic heterocycles. The van der Waals surface area contributed by atoms with Crippen molar-refractivity contribution in [3.05, 3.63) is 41.7 Å². The number of nitrogens with one attached hydrogen (secondary N) is 2. The molecule has 1 aromatic carbocycles. The number of hydrogen-bond donors (Lipinski definition) is 2. The molecular formula is C15H17FN4O3. The van der Waals surface area contributed by atoms with Crippen LogP contribution in [0.25, 0.3) is 0 Å². The van der Waals surface area contributed by atoms with Crippen molar-refractivity contribution in [3.8, 4) is 5.75 Å². The van der Waals surface area contributed by atoms with Crippen LogP contribution >= 0.6 is 0 Å². The number of aromatic amines is 1. The second kappa shape index (κ2) is 6.74. The molecule has 0 spiro atoms. The molecule has 2 N–H and O–H groups in total. The minimum atomic E-state index is -0.485. The lowest BCUT2D eigenvalue weighted by Crippen LogP contribution is -2.38. The predicted octanol–water partition coefficient (Wildman–Crippen LogP) is 1.14. The smallest absolute Gasteiger partial charge is 0.224 e. The van der Waals surface area contributed by atoms with Gasteiger partial charge in [-0.3, -0.25) is 9.89 Å². The van der Waals surface area contributed by atoms with E-state index in [1.165, 1.54) is 25.6 Å². The van der Waals surface area contributed by atoms with Crippen molar-refractivity contribution in [2.24, 2.45) is 0 Å². The highest BCUT2D eigenvalue weighted by molar-refractivity contribution is 5.79. The average molecular weight is 320 g/mol. The van der Waals surface area contributed by atoms with E-state index >= 15 is 0 Å². The molecule has 0 unspecified atom stereocenters. The first kappa shape index (κ1) is 15.4. The Kier molecular flexibility index (Phi) is 4.52. The van der Waals surface area contributed by atoms with Crippen molar-refractivity contribution in [1.82, 2.24) is 20.5 Å². The number of amides is 1. The molecule has 2 heterocycles. The molecule has 23 heavy (non-hydrogen) atoms. The van der Waals surface area contributed by atoms with Gasteiger partial charge in [-0.1, -0.05) is 6.07 Å². The Morgan fingerprint density at radius 1 is 1.57 bits per heavy atom. The summed E-state index contributed by atoms with van der Waals surface area (Å²) < 4.78 is 24.1. The average Bonchev–Trinajstić information content (AvgIpc) is 3.18. The van der Waals surface area contributed by atoms with E-state index in [1.54, 1.807) is 6.07 Å². The van der Waals surface area contributed by atoms with Crippen LogP contribution in [-0.2, 0) is 16.0 Å². The predicted molar refractivity (Wildman–Crippen MR) is 78.3 cm³/mol. The maximum absolute atomic E-state index is 13.7. The van der Waals surface area contributed by atoms with Crippen molar-refractivity contribution < 1.29 is 18.7 Å². The Morgan fingerprint density at radius 3 is 3.13 bits per heavy atom. The zero-order chi connectivity index (χ0) is 16.2. The van der Waals surface area contributed by atoms with Crippen LogP contribution in [0, 0.1) is 5.82 Å². The van der Waals surface area contributed by atoms with Crippen molar-refractivity contribution in [1.29, 1.82) is 0 Å². The zero-order valence-corrected chi connectivity index (χ0v) is 12.6. The molecule has 1 saturated heterocycles. The number of aromatic nitrogens is 3. The second-order valence-electron chi connectivity index (χ2n) is 5.27. The summed E-state index contributed by atoms with van der Waals surface area (Å²) in [7, 11) is 1.40. The third kappa shape index (κ3) is 3.48. The maximum Gasteiger partial charge on any atom is 0.224 e. The lowest BCUT2D eigenvalue weighted by atomic mass is 10.1. The molecule has 3 rings (SSSR count). The van der Waals surface area contributed by atoms with Gasteiger partial charge in [0, 0.05) is 6.61 Å².